The van der Waals surface area contributed by atoms with E-state index in [9.17, 15) is 14.4 Å². The van der Waals surface area contributed by atoms with Crippen LogP contribution in [0.5, 0.6) is 5.75 Å². The van der Waals surface area contributed by atoms with Crippen LogP contribution in [0.15, 0.2) is 78.9 Å². The number of carbonyl (C=O) groups is 3. The Hall–Kier alpha value is -4.33. The topological polar surface area (TPSA) is 91.0 Å². The maximum Gasteiger partial charge on any atom is 0.318 e. The third-order valence-electron chi connectivity index (χ3n) is 8.88. The lowest BCUT2D eigenvalue weighted by molar-refractivity contribution is -0.137. The van der Waals surface area contributed by atoms with Gasteiger partial charge < -0.3 is 25.2 Å². The highest BCUT2D eigenvalue weighted by molar-refractivity contribution is 5.92. The molecule has 3 aromatic carbocycles. The number of benzene rings is 3. The Morgan fingerprint density at radius 2 is 1.39 bits per heavy atom. The molecule has 244 valence electrons. The number of ether oxygens (including phenoxy) is 1. The average molecular weight is 625 g/mol. The SMILES string of the molecule is CC(C)C[C@H](NC(=O)N1CCCCCC1)C(=O)N[C@@H](Cc1ccc(OCc2ccccc2)cc1)C(=O)N1CCc2ccccc2C1. The molecular formula is C38H48N4O4. The maximum absolute atomic E-state index is 14.1. The van der Waals surface area contributed by atoms with Crippen LogP contribution < -0.4 is 15.4 Å². The number of rotatable bonds is 11. The van der Waals surface area contributed by atoms with E-state index in [-0.39, 0.29) is 23.8 Å². The summed E-state index contributed by atoms with van der Waals surface area (Å²) in [6.07, 6.45) is 5.76. The molecule has 2 aliphatic rings. The number of likely N-dealkylation sites (tertiary alicyclic amines) is 1. The lowest BCUT2D eigenvalue weighted by Gasteiger charge is -2.33. The predicted molar refractivity (Wildman–Crippen MR) is 180 cm³/mol. The highest BCUT2D eigenvalue weighted by atomic mass is 16.5. The first-order valence-electron chi connectivity index (χ1n) is 16.8. The number of hydrogen-bond acceptors (Lipinski definition) is 4. The molecule has 0 spiro atoms. The molecule has 2 heterocycles. The highest BCUT2D eigenvalue weighted by Gasteiger charge is 2.32. The molecule has 2 N–H and O–H groups in total. The fourth-order valence-electron chi connectivity index (χ4n) is 6.29. The van der Waals surface area contributed by atoms with Crippen molar-refractivity contribution in [1.82, 2.24) is 20.4 Å². The predicted octanol–water partition coefficient (Wildman–Crippen LogP) is 5.88. The monoisotopic (exact) mass is 624 g/mol. The molecule has 0 aromatic heterocycles. The smallest absolute Gasteiger partial charge is 0.318 e. The summed E-state index contributed by atoms with van der Waals surface area (Å²) >= 11 is 0. The fourth-order valence-corrected chi connectivity index (χ4v) is 6.29. The average Bonchev–Trinajstić information content (AvgIpc) is 3.37. The van der Waals surface area contributed by atoms with Crippen molar-refractivity contribution >= 4 is 17.8 Å². The van der Waals surface area contributed by atoms with Crippen molar-refractivity contribution in [1.29, 1.82) is 0 Å². The molecule has 8 heteroatoms. The molecular weight excluding hydrogens is 576 g/mol. The molecule has 46 heavy (non-hydrogen) atoms. The Morgan fingerprint density at radius 3 is 2.09 bits per heavy atom. The van der Waals surface area contributed by atoms with Gasteiger partial charge >= 0.3 is 6.03 Å². The molecule has 0 radical (unpaired) electrons. The van der Waals surface area contributed by atoms with E-state index < -0.39 is 12.1 Å². The molecule has 1 saturated heterocycles. The van der Waals surface area contributed by atoms with Crippen LogP contribution in [0.25, 0.3) is 0 Å². The summed E-state index contributed by atoms with van der Waals surface area (Å²) in [5, 5.41) is 6.09. The molecule has 1 fully saturated rings. The van der Waals surface area contributed by atoms with E-state index in [1.54, 1.807) is 0 Å². The second-order valence-corrected chi connectivity index (χ2v) is 13.0. The van der Waals surface area contributed by atoms with E-state index in [4.69, 9.17) is 4.74 Å². The van der Waals surface area contributed by atoms with Crippen molar-refractivity contribution in [3.05, 3.63) is 101 Å². The minimum Gasteiger partial charge on any atom is -0.489 e. The molecule has 0 saturated carbocycles. The van der Waals surface area contributed by atoms with Crippen molar-refractivity contribution in [3.63, 3.8) is 0 Å². The van der Waals surface area contributed by atoms with Crippen LogP contribution >= 0.6 is 0 Å². The number of fused-ring (bicyclic) bond motifs is 1. The number of nitrogens with one attached hydrogen (secondary N) is 2. The van der Waals surface area contributed by atoms with E-state index in [2.05, 4.69) is 22.8 Å². The zero-order chi connectivity index (χ0) is 32.3. The minimum absolute atomic E-state index is 0.116. The first-order valence-corrected chi connectivity index (χ1v) is 16.8. The summed E-state index contributed by atoms with van der Waals surface area (Å²) in [7, 11) is 0. The largest absolute Gasteiger partial charge is 0.489 e. The molecule has 2 atom stereocenters. The van der Waals surface area contributed by atoms with Gasteiger partial charge in [0.15, 0.2) is 0 Å². The summed E-state index contributed by atoms with van der Waals surface area (Å²) in [6, 6.07) is 24.2. The van der Waals surface area contributed by atoms with E-state index in [1.807, 2.05) is 90.4 Å². The van der Waals surface area contributed by atoms with E-state index in [0.717, 1.165) is 54.5 Å². The number of carbonyl (C=O) groups excluding carboxylic acids is 3. The van der Waals surface area contributed by atoms with Gasteiger partial charge in [0, 0.05) is 32.6 Å². The van der Waals surface area contributed by atoms with Gasteiger partial charge in [0.2, 0.25) is 11.8 Å². The number of nitrogens with zero attached hydrogens (tertiary/aromatic N) is 2. The Morgan fingerprint density at radius 1 is 0.717 bits per heavy atom. The summed E-state index contributed by atoms with van der Waals surface area (Å²) in [5.41, 5.74) is 4.39. The van der Waals surface area contributed by atoms with Gasteiger partial charge in [0.05, 0.1) is 0 Å². The Bertz CT molecular complexity index is 1430. The number of urea groups is 1. The van der Waals surface area contributed by atoms with Gasteiger partial charge in [0.25, 0.3) is 0 Å². The van der Waals surface area contributed by atoms with Crippen LogP contribution in [0, 0.1) is 5.92 Å². The first kappa shape index (κ1) is 33.0. The Balaban J connectivity index is 1.30. The second-order valence-electron chi connectivity index (χ2n) is 13.0. The van der Waals surface area contributed by atoms with Crippen LogP contribution in [-0.2, 0) is 35.6 Å². The maximum atomic E-state index is 14.1. The van der Waals surface area contributed by atoms with Crippen molar-refractivity contribution in [2.24, 2.45) is 5.92 Å². The van der Waals surface area contributed by atoms with Gasteiger partial charge in [-0.25, -0.2) is 4.79 Å². The third kappa shape index (κ3) is 9.35. The summed E-state index contributed by atoms with van der Waals surface area (Å²) in [5.74, 6) is 0.474. The summed E-state index contributed by atoms with van der Waals surface area (Å²) in [6.45, 7) is 7.04. The number of amides is 4. The quantitative estimate of drug-likeness (QED) is 0.279. The summed E-state index contributed by atoms with van der Waals surface area (Å²) in [4.78, 5) is 44.9. The lowest BCUT2D eigenvalue weighted by atomic mass is 9.97. The van der Waals surface area contributed by atoms with Crippen LogP contribution in [0.2, 0.25) is 0 Å². The number of hydrogen-bond donors (Lipinski definition) is 2. The fraction of sp³-hybridized carbons (Fsp3) is 0.447. The molecule has 0 aliphatic carbocycles. The van der Waals surface area contributed by atoms with Gasteiger partial charge in [-0.15, -0.1) is 0 Å². The summed E-state index contributed by atoms with van der Waals surface area (Å²) < 4.78 is 5.97. The van der Waals surface area contributed by atoms with Crippen molar-refractivity contribution in [2.45, 2.75) is 84.0 Å². The van der Waals surface area contributed by atoms with E-state index >= 15 is 0 Å². The molecule has 2 aliphatic heterocycles. The second kappa shape index (κ2) is 16.3. The standard InChI is InChI=1S/C38H48N4O4/c1-28(2)24-34(40-38(45)41-21-10-3-4-11-22-41)36(43)39-35(37(44)42-23-20-31-14-8-9-15-32(31)26-42)25-29-16-18-33(19-17-29)46-27-30-12-6-5-7-13-30/h5-9,12-19,28,34-35H,3-4,10-11,20-27H2,1-2H3,(H,39,43)(H,40,45)/t34-,35-/m0/s1. The van der Waals surface area contributed by atoms with Crippen molar-refractivity contribution < 1.29 is 19.1 Å². The molecule has 5 rings (SSSR count). The van der Waals surface area contributed by atoms with Gasteiger partial charge in [-0.05, 0) is 66.0 Å². The first-order chi connectivity index (χ1) is 22.4. The lowest BCUT2D eigenvalue weighted by Crippen LogP contribution is -2.57. The molecule has 0 bridgehead atoms. The van der Waals surface area contributed by atoms with E-state index in [0.29, 0.717) is 45.6 Å². The zero-order valence-corrected chi connectivity index (χ0v) is 27.3. The van der Waals surface area contributed by atoms with Crippen LogP contribution in [0.1, 0.15) is 68.2 Å². The zero-order valence-electron chi connectivity index (χ0n) is 27.3. The van der Waals surface area contributed by atoms with Gasteiger partial charge in [-0.2, -0.15) is 0 Å². The third-order valence-corrected chi connectivity index (χ3v) is 8.88. The van der Waals surface area contributed by atoms with Crippen molar-refractivity contribution in [2.75, 3.05) is 19.6 Å². The van der Waals surface area contributed by atoms with Gasteiger partial charge in [0.1, 0.15) is 24.4 Å². The molecule has 0 unspecified atom stereocenters. The van der Waals surface area contributed by atoms with Crippen molar-refractivity contribution in [3.8, 4) is 5.75 Å². The van der Waals surface area contributed by atoms with Crippen LogP contribution in [0.3, 0.4) is 0 Å². The van der Waals surface area contributed by atoms with Gasteiger partial charge in [-0.1, -0.05) is 93.4 Å². The van der Waals surface area contributed by atoms with Gasteiger partial charge in [-0.3, -0.25) is 9.59 Å². The van der Waals surface area contributed by atoms with E-state index in [1.165, 1.54) is 5.56 Å². The normalized spacial score (nSPS) is 16.2. The molecule has 4 amide bonds. The Labute approximate surface area is 273 Å². The Kier molecular flexibility index (Phi) is 11.7. The minimum atomic E-state index is -0.779. The highest BCUT2D eigenvalue weighted by Crippen LogP contribution is 2.21. The van der Waals surface area contributed by atoms with Crippen LogP contribution in [-0.4, -0.2) is 59.4 Å². The molecule has 3 aromatic rings. The van der Waals surface area contributed by atoms with Crippen LogP contribution in [0.4, 0.5) is 4.79 Å². The molecule has 8 nitrogen and oxygen atoms in total.